The molecule has 0 saturated carbocycles. The van der Waals surface area contributed by atoms with Gasteiger partial charge in [-0.2, -0.15) is 16.9 Å². The maximum Gasteiger partial charge on any atom is 0.306 e. The van der Waals surface area contributed by atoms with Crippen LogP contribution >= 0.6 is 11.8 Å². The number of nitrogens with zero attached hydrogens (tertiary/aromatic N) is 2. The van der Waals surface area contributed by atoms with Crippen molar-refractivity contribution in [1.29, 1.82) is 0 Å². The van der Waals surface area contributed by atoms with E-state index in [1.807, 2.05) is 30.3 Å². The summed E-state index contributed by atoms with van der Waals surface area (Å²) in [6.45, 7) is 2.57. The monoisotopic (exact) mass is 430 g/mol. The van der Waals surface area contributed by atoms with Gasteiger partial charge in [-0.25, -0.2) is 4.68 Å². The maximum atomic E-state index is 12.4. The molecule has 0 spiro atoms. The molecule has 0 saturated heterocycles. The number of hydrogen-bond acceptors (Lipinski definition) is 6. The number of esters is 1. The van der Waals surface area contributed by atoms with Crippen LogP contribution in [0.15, 0.2) is 30.3 Å². The molecule has 0 fully saturated rings. The van der Waals surface area contributed by atoms with Gasteiger partial charge in [-0.05, 0) is 18.9 Å². The summed E-state index contributed by atoms with van der Waals surface area (Å²) in [7, 11) is 0. The summed E-state index contributed by atoms with van der Waals surface area (Å²) >= 11 is 1.71. The number of carbonyl (C=O) groups is 3. The second-order valence-corrected chi connectivity index (χ2v) is 7.85. The minimum Gasteiger partial charge on any atom is -0.466 e. The zero-order valence-corrected chi connectivity index (χ0v) is 17.8. The second kappa shape index (κ2) is 10.8. The summed E-state index contributed by atoms with van der Waals surface area (Å²) in [6, 6.07) is 9.94. The van der Waals surface area contributed by atoms with Crippen molar-refractivity contribution in [2.75, 3.05) is 18.5 Å². The quantitative estimate of drug-likeness (QED) is 0.561. The Balaban J connectivity index is 1.56. The van der Waals surface area contributed by atoms with Crippen LogP contribution in [0.4, 0.5) is 5.82 Å². The summed E-state index contributed by atoms with van der Waals surface area (Å²) in [5, 5.41) is 10.2. The molecule has 9 heteroatoms. The van der Waals surface area contributed by atoms with Gasteiger partial charge in [0, 0.05) is 30.0 Å². The van der Waals surface area contributed by atoms with Crippen molar-refractivity contribution in [3.8, 4) is 0 Å². The van der Waals surface area contributed by atoms with Crippen molar-refractivity contribution in [3.63, 3.8) is 0 Å². The summed E-state index contributed by atoms with van der Waals surface area (Å²) in [4.78, 5) is 36.2. The van der Waals surface area contributed by atoms with Gasteiger partial charge >= 0.3 is 5.97 Å². The second-order valence-electron chi connectivity index (χ2n) is 6.86. The minimum atomic E-state index is -0.403. The van der Waals surface area contributed by atoms with E-state index in [4.69, 9.17) is 4.74 Å². The number of carbonyl (C=O) groups excluding carboxylic acids is 3. The minimum absolute atomic E-state index is 0.0186. The molecular formula is C21H26N4O4S. The van der Waals surface area contributed by atoms with Crippen LogP contribution in [0.1, 0.15) is 36.6 Å². The maximum absolute atomic E-state index is 12.4. The number of nitrogens with one attached hydrogen (secondary N) is 2. The van der Waals surface area contributed by atoms with E-state index >= 15 is 0 Å². The zero-order valence-electron chi connectivity index (χ0n) is 17.0. The molecule has 2 amide bonds. The van der Waals surface area contributed by atoms with Crippen LogP contribution in [0, 0.1) is 0 Å². The third-order valence-electron chi connectivity index (χ3n) is 4.61. The van der Waals surface area contributed by atoms with Gasteiger partial charge in [0.05, 0.1) is 18.7 Å². The highest BCUT2D eigenvalue weighted by molar-refractivity contribution is 7.98. The van der Waals surface area contributed by atoms with Crippen molar-refractivity contribution in [3.05, 3.63) is 47.2 Å². The summed E-state index contributed by atoms with van der Waals surface area (Å²) in [6.07, 6.45) is 0.788. The fourth-order valence-corrected chi connectivity index (χ4v) is 4.18. The molecular weight excluding hydrogens is 404 g/mol. The van der Waals surface area contributed by atoms with Crippen molar-refractivity contribution >= 4 is 35.4 Å². The van der Waals surface area contributed by atoms with Gasteiger partial charge in [-0.15, -0.1) is 0 Å². The normalized spacial score (nSPS) is 12.3. The molecule has 0 atom stereocenters. The van der Waals surface area contributed by atoms with Gasteiger partial charge in [0.1, 0.15) is 12.4 Å². The fraction of sp³-hybridized carbons (Fsp3) is 0.429. The van der Waals surface area contributed by atoms with Gasteiger partial charge in [0.15, 0.2) is 0 Å². The van der Waals surface area contributed by atoms with Crippen molar-refractivity contribution < 1.29 is 19.1 Å². The van der Waals surface area contributed by atoms with Crippen LogP contribution in [0.25, 0.3) is 0 Å². The lowest BCUT2D eigenvalue weighted by molar-refractivity contribution is -0.144. The van der Waals surface area contributed by atoms with Crippen LogP contribution in [-0.4, -0.2) is 40.7 Å². The third-order valence-corrected chi connectivity index (χ3v) is 5.58. The molecule has 1 aliphatic heterocycles. The average Bonchev–Trinajstić information content (AvgIpc) is 3.30. The number of hydrogen-bond donors (Lipinski definition) is 2. The number of ether oxygens (including phenoxy) is 1. The average molecular weight is 431 g/mol. The molecule has 0 aliphatic carbocycles. The molecule has 30 heavy (non-hydrogen) atoms. The van der Waals surface area contributed by atoms with Gasteiger partial charge < -0.3 is 15.4 Å². The topological polar surface area (TPSA) is 102 Å². The van der Waals surface area contributed by atoms with Gasteiger partial charge in [0.25, 0.3) is 0 Å². The van der Waals surface area contributed by atoms with E-state index in [9.17, 15) is 14.4 Å². The van der Waals surface area contributed by atoms with Crippen LogP contribution in [0.2, 0.25) is 0 Å². The summed E-state index contributed by atoms with van der Waals surface area (Å²) < 4.78 is 6.40. The Kier molecular flexibility index (Phi) is 7.89. The van der Waals surface area contributed by atoms with Gasteiger partial charge in [0.2, 0.25) is 11.8 Å². The van der Waals surface area contributed by atoms with Crippen LogP contribution < -0.4 is 10.6 Å². The Labute approximate surface area is 179 Å². The Hall–Kier alpha value is -2.81. The molecule has 2 N–H and O–H groups in total. The highest BCUT2D eigenvalue weighted by atomic mass is 32.2. The first-order valence-electron chi connectivity index (χ1n) is 9.99. The van der Waals surface area contributed by atoms with E-state index in [0.29, 0.717) is 12.4 Å². The van der Waals surface area contributed by atoms with E-state index in [0.717, 1.165) is 34.7 Å². The molecule has 3 rings (SSSR count). The van der Waals surface area contributed by atoms with E-state index in [2.05, 4.69) is 15.7 Å². The molecule has 2 heterocycles. The standard InChI is InChI=1S/C21H26N4O4S/c1-2-29-20(28)9-8-18(26)23-21-16-13-30-14-17(16)24-25(21)12-19(27)22-11-10-15-6-4-3-5-7-15/h3-7H,2,8-14H2,1H3,(H,22,27)(H,23,26). The molecule has 2 aromatic rings. The number of amides is 2. The molecule has 1 aromatic heterocycles. The third kappa shape index (κ3) is 6.09. The van der Waals surface area contributed by atoms with E-state index < -0.39 is 5.97 Å². The van der Waals surface area contributed by atoms with E-state index in [-0.39, 0.29) is 37.8 Å². The van der Waals surface area contributed by atoms with Crippen molar-refractivity contribution in [1.82, 2.24) is 15.1 Å². The highest BCUT2D eigenvalue weighted by Crippen LogP contribution is 2.34. The molecule has 160 valence electrons. The van der Waals surface area contributed by atoms with Gasteiger partial charge in [-0.1, -0.05) is 30.3 Å². The lowest BCUT2D eigenvalue weighted by Crippen LogP contribution is -2.30. The smallest absolute Gasteiger partial charge is 0.306 e. The van der Waals surface area contributed by atoms with Gasteiger partial charge in [-0.3, -0.25) is 14.4 Å². The zero-order chi connectivity index (χ0) is 21.3. The molecule has 8 nitrogen and oxygen atoms in total. The first-order valence-corrected chi connectivity index (χ1v) is 11.1. The van der Waals surface area contributed by atoms with Crippen LogP contribution in [0.5, 0.6) is 0 Å². The lowest BCUT2D eigenvalue weighted by atomic mass is 10.1. The Bertz CT molecular complexity index is 898. The SMILES string of the molecule is CCOC(=O)CCC(=O)Nc1c2c(nn1CC(=O)NCCc1ccccc1)CSC2. The molecule has 0 unspecified atom stereocenters. The molecule has 0 bridgehead atoms. The molecule has 1 aliphatic rings. The number of rotatable bonds is 10. The first-order chi connectivity index (χ1) is 14.6. The predicted octanol–water partition coefficient (Wildman–Crippen LogP) is 2.27. The first kappa shape index (κ1) is 21.9. The number of fused-ring (bicyclic) bond motifs is 1. The number of aromatic nitrogens is 2. The largest absolute Gasteiger partial charge is 0.466 e. The highest BCUT2D eigenvalue weighted by Gasteiger charge is 2.25. The van der Waals surface area contributed by atoms with Crippen LogP contribution in [0.3, 0.4) is 0 Å². The number of thioether (sulfide) groups is 1. The number of anilines is 1. The lowest BCUT2D eigenvalue weighted by Gasteiger charge is -2.11. The van der Waals surface area contributed by atoms with E-state index in [1.165, 1.54) is 0 Å². The van der Waals surface area contributed by atoms with Crippen molar-refractivity contribution in [2.45, 2.75) is 44.2 Å². The molecule has 0 radical (unpaired) electrons. The Morgan fingerprint density at radius 3 is 2.70 bits per heavy atom. The van der Waals surface area contributed by atoms with Crippen molar-refractivity contribution in [2.24, 2.45) is 0 Å². The Morgan fingerprint density at radius 2 is 1.93 bits per heavy atom. The number of benzene rings is 1. The fourth-order valence-electron chi connectivity index (χ4n) is 3.15. The summed E-state index contributed by atoms with van der Waals surface area (Å²) in [5.41, 5.74) is 2.99. The van der Waals surface area contributed by atoms with E-state index in [1.54, 1.807) is 23.4 Å². The van der Waals surface area contributed by atoms with Crippen LogP contribution in [-0.2, 0) is 43.6 Å². The Morgan fingerprint density at radius 1 is 1.13 bits per heavy atom. The summed E-state index contributed by atoms with van der Waals surface area (Å²) in [5.74, 6) is 1.17. The predicted molar refractivity (Wildman–Crippen MR) is 115 cm³/mol. The molecule has 1 aromatic carbocycles.